The van der Waals surface area contributed by atoms with Gasteiger partial charge in [0, 0.05) is 0 Å². The molecule has 10 heteroatoms. The normalized spacial score (nSPS) is 29.7. The molecule has 6 nitrogen and oxygen atoms in total. The molecule has 2 rings (SSSR count). The molecule has 2 bridgehead atoms. The summed E-state index contributed by atoms with van der Waals surface area (Å²) in [4.78, 5) is 0. The number of hydrogen-bond donors (Lipinski definition) is 0. The van der Waals surface area contributed by atoms with Crippen LogP contribution in [0.4, 0.5) is 0 Å². The average molecular weight is 635 g/mol. The highest BCUT2D eigenvalue weighted by Crippen LogP contribution is 2.52. The van der Waals surface area contributed by atoms with Crippen LogP contribution in [0.15, 0.2) is 0 Å². The molecule has 2 heterocycles. The summed E-state index contributed by atoms with van der Waals surface area (Å²) in [6.45, 7) is 46.1. The van der Waals surface area contributed by atoms with Crippen LogP contribution in [0.3, 0.4) is 0 Å². The van der Waals surface area contributed by atoms with E-state index in [0.29, 0.717) is 6.61 Å². The Kier molecular flexibility index (Phi) is 10.0. The van der Waals surface area contributed by atoms with Crippen molar-refractivity contribution in [3.05, 3.63) is 0 Å². The van der Waals surface area contributed by atoms with Crippen LogP contribution in [0.2, 0.25) is 72.5 Å². The van der Waals surface area contributed by atoms with Gasteiger partial charge < -0.3 is 27.2 Å². The van der Waals surface area contributed by atoms with Crippen molar-refractivity contribution in [2.24, 2.45) is 0 Å². The minimum absolute atomic E-state index is 0.0156. The van der Waals surface area contributed by atoms with Crippen LogP contribution in [0, 0.1) is 0 Å². The molecule has 238 valence electrons. The van der Waals surface area contributed by atoms with Gasteiger partial charge in [0.25, 0.3) is 0 Å². The third-order valence-corrected chi connectivity index (χ3v) is 28.8. The number of rotatable bonds is 8. The topological polar surface area (TPSA) is 55.4 Å². The summed E-state index contributed by atoms with van der Waals surface area (Å²) in [5.74, 6) is -1.32. The van der Waals surface area contributed by atoms with Gasteiger partial charge in [-0.15, -0.1) is 0 Å². The summed E-state index contributed by atoms with van der Waals surface area (Å²) in [6.07, 6.45) is -1.52. The monoisotopic (exact) mass is 634 g/mol. The maximum absolute atomic E-state index is 7.40. The van der Waals surface area contributed by atoms with Crippen molar-refractivity contribution in [3.63, 3.8) is 0 Å². The van der Waals surface area contributed by atoms with Gasteiger partial charge in [-0.05, 0) is 72.5 Å². The van der Waals surface area contributed by atoms with Crippen LogP contribution in [-0.4, -0.2) is 70.3 Å². The van der Waals surface area contributed by atoms with Gasteiger partial charge >= 0.3 is 5.97 Å². The van der Waals surface area contributed by atoms with Crippen molar-refractivity contribution in [3.8, 4) is 0 Å². The lowest BCUT2D eigenvalue weighted by molar-refractivity contribution is -0.375. The molecule has 0 saturated carbocycles. The molecule has 40 heavy (non-hydrogen) atoms. The predicted molar refractivity (Wildman–Crippen MR) is 178 cm³/mol. The standard InChI is InChI=1S/C30H66O6Si4/c1-26(2,3)37(13,14)33-23-22-21-31-30(32-22,36-40(19,20)29(10,11)12)25(35-39(17,18)28(7,8)9)24(23)34-38(15,16)27(4,5)6/h22-25H,21H2,1-20H3/t22-,23-,24+,25-,30?/m1/s1. The molecule has 0 radical (unpaired) electrons. The van der Waals surface area contributed by atoms with Gasteiger partial charge in [-0.2, -0.15) is 0 Å². The van der Waals surface area contributed by atoms with E-state index in [9.17, 15) is 0 Å². The van der Waals surface area contributed by atoms with Gasteiger partial charge in [-0.1, -0.05) is 83.1 Å². The third kappa shape index (κ3) is 7.29. The van der Waals surface area contributed by atoms with E-state index < -0.39 is 45.3 Å². The van der Waals surface area contributed by atoms with Gasteiger partial charge in [-0.3, -0.25) is 0 Å². The van der Waals surface area contributed by atoms with Crippen LogP contribution < -0.4 is 0 Å². The molecular weight excluding hydrogens is 569 g/mol. The van der Waals surface area contributed by atoms with Crippen LogP contribution in [0.1, 0.15) is 83.1 Å². The molecule has 2 saturated heterocycles. The summed E-state index contributed by atoms with van der Waals surface area (Å²) in [6, 6.07) is 0. The van der Waals surface area contributed by atoms with E-state index in [-0.39, 0.29) is 38.5 Å². The highest BCUT2D eigenvalue weighted by Gasteiger charge is 2.68. The van der Waals surface area contributed by atoms with Crippen molar-refractivity contribution >= 4 is 33.3 Å². The Bertz CT molecular complexity index is 892. The van der Waals surface area contributed by atoms with Gasteiger partial charge in [0.2, 0.25) is 0 Å². The Morgan fingerprint density at radius 2 is 0.875 bits per heavy atom. The number of hydrogen-bond acceptors (Lipinski definition) is 6. The molecule has 2 fully saturated rings. The van der Waals surface area contributed by atoms with E-state index in [1.807, 2.05) is 0 Å². The number of fused-ring (bicyclic) bond motifs is 2. The summed E-state index contributed by atoms with van der Waals surface area (Å²) in [7, 11) is -9.12. The van der Waals surface area contributed by atoms with E-state index in [1.54, 1.807) is 0 Å². The fourth-order valence-electron chi connectivity index (χ4n) is 3.93. The minimum Gasteiger partial charge on any atom is -0.408 e. The van der Waals surface area contributed by atoms with Crippen LogP contribution in [-0.2, 0) is 27.2 Å². The molecule has 2 aliphatic heterocycles. The Labute approximate surface area is 252 Å². The van der Waals surface area contributed by atoms with Gasteiger partial charge in [0.1, 0.15) is 18.3 Å². The zero-order valence-electron chi connectivity index (χ0n) is 30.0. The Morgan fingerprint density at radius 1 is 0.525 bits per heavy atom. The Hall–Kier alpha value is 0.628. The smallest absolute Gasteiger partial charge is 0.303 e. The molecular formula is C30H66O6Si4. The largest absolute Gasteiger partial charge is 0.408 e. The molecule has 0 aromatic rings. The second kappa shape index (κ2) is 10.9. The molecule has 1 unspecified atom stereocenters. The Morgan fingerprint density at radius 3 is 1.25 bits per heavy atom. The van der Waals surface area contributed by atoms with Crippen molar-refractivity contribution in [2.45, 2.75) is 186 Å². The van der Waals surface area contributed by atoms with Crippen LogP contribution in [0.25, 0.3) is 0 Å². The fourth-order valence-corrected chi connectivity index (χ4v) is 9.05. The van der Waals surface area contributed by atoms with Crippen molar-refractivity contribution in [1.82, 2.24) is 0 Å². The molecule has 2 aliphatic rings. The molecule has 0 N–H and O–H groups in total. The third-order valence-electron chi connectivity index (χ3n) is 11.0. The maximum Gasteiger partial charge on any atom is 0.303 e. The van der Waals surface area contributed by atoms with Crippen molar-refractivity contribution in [1.29, 1.82) is 0 Å². The van der Waals surface area contributed by atoms with E-state index in [4.69, 9.17) is 27.2 Å². The predicted octanol–water partition coefficient (Wildman–Crippen LogP) is 9.26. The molecule has 0 aliphatic carbocycles. The highest BCUT2D eigenvalue weighted by atomic mass is 28.4. The molecule has 5 atom stereocenters. The fraction of sp³-hybridized carbons (Fsp3) is 1.00. The summed E-state index contributed by atoms with van der Waals surface area (Å²) in [5, 5.41) is 0.00787. The summed E-state index contributed by atoms with van der Waals surface area (Å²) in [5.41, 5.74) is 0. The minimum atomic E-state index is -2.34. The first kappa shape index (κ1) is 36.8. The molecule has 0 aromatic carbocycles. The lowest BCUT2D eigenvalue weighted by atomic mass is 10.00. The van der Waals surface area contributed by atoms with E-state index in [2.05, 4.69) is 135 Å². The first-order valence-electron chi connectivity index (χ1n) is 15.4. The van der Waals surface area contributed by atoms with Gasteiger partial charge in [0.15, 0.2) is 39.4 Å². The van der Waals surface area contributed by atoms with E-state index in [1.165, 1.54) is 0 Å². The molecule has 0 aromatic heterocycles. The lowest BCUT2D eigenvalue weighted by Gasteiger charge is -2.56. The summed E-state index contributed by atoms with van der Waals surface area (Å²) < 4.78 is 42.7. The Balaban J connectivity index is 2.80. The first-order chi connectivity index (χ1) is 17.3. The SMILES string of the molecule is CC(C)(C)[Si](C)(C)O[C@H]1[C@H](O[Si](C)(C)C(C)(C)C)[C@H]2COC(O[Si](C)(C)C(C)(C)C)(O2)[C@@H]1O[Si](C)(C)C(C)(C)C. The van der Waals surface area contributed by atoms with E-state index >= 15 is 0 Å². The van der Waals surface area contributed by atoms with E-state index in [0.717, 1.165) is 0 Å². The van der Waals surface area contributed by atoms with Crippen molar-refractivity contribution in [2.75, 3.05) is 6.61 Å². The second-order valence-corrected chi connectivity index (χ2v) is 37.4. The lowest BCUT2D eigenvalue weighted by Crippen LogP contribution is -2.71. The highest BCUT2D eigenvalue weighted by molar-refractivity contribution is 6.75. The van der Waals surface area contributed by atoms with Crippen LogP contribution >= 0.6 is 0 Å². The zero-order valence-corrected chi connectivity index (χ0v) is 34.0. The zero-order chi connectivity index (χ0) is 31.8. The molecule has 0 spiro atoms. The van der Waals surface area contributed by atoms with Crippen LogP contribution in [0.5, 0.6) is 0 Å². The maximum atomic E-state index is 7.40. The van der Waals surface area contributed by atoms with Crippen molar-refractivity contribution < 1.29 is 27.2 Å². The first-order valence-corrected chi connectivity index (χ1v) is 27.0. The quantitative estimate of drug-likeness (QED) is 0.248. The van der Waals surface area contributed by atoms with Gasteiger partial charge in [0.05, 0.1) is 6.61 Å². The summed E-state index contributed by atoms with van der Waals surface area (Å²) >= 11 is 0. The second-order valence-electron chi connectivity index (χ2n) is 18.4. The molecule has 0 amide bonds. The van der Waals surface area contributed by atoms with Gasteiger partial charge in [-0.25, -0.2) is 0 Å². The number of ether oxygens (including phenoxy) is 2. The average Bonchev–Trinajstić information content (AvgIpc) is 3.05.